The minimum atomic E-state index is -0.0272. The summed E-state index contributed by atoms with van der Waals surface area (Å²) in [6.07, 6.45) is 5.34. The number of rotatable bonds is 7. The summed E-state index contributed by atoms with van der Waals surface area (Å²) < 4.78 is 5.94. The summed E-state index contributed by atoms with van der Waals surface area (Å²) in [5, 5.41) is 0. The van der Waals surface area contributed by atoms with Crippen molar-refractivity contribution in [1.82, 2.24) is 9.97 Å². The SMILES string of the molecule is CCC(=O)Cc1ccc(OC(CC)c2cnc[nH]2)cc1. The van der Waals surface area contributed by atoms with E-state index in [2.05, 4.69) is 16.9 Å². The zero-order chi connectivity index (χ0) is 14.4. The molecule has 2 rings (SSSR count). The highest BCUT2D eigenvalue weighted by molar-refractivity contribution is 5.80. The van der Waals surface area contributed by atoms with Gasteiger partial charge in [0.15, 0.2) is 0 Å². The number of hydrogen-bond donors (Lipinski definition) is 1. The predicted molar refractivity (Wildman–Crippen MR) is 77.7 cm³/mol. The lowest BCUT2D eigenvalue weighted by Crippen LogP contribution is -2.07. The Morgan fingerprint density at radius 3 is 2.60 bits per heavy atom. The molecule has 0 saturated carbocycles. The highest BCUT2D eigenvalue weighted by Gasteiger charge is 2.12. The number of carbonyl (C=O) groups excluding carboxylic acids is 1. The predicted octanol–water partition coefficient (Wildman–Crippen LogP) is 3.46. The molecule has 1 atom stereocenters. The number of ether oxygens (including phenoxy) is 1. The normalized spacial score (nSPS) is 12.1. The van der Waals surface area contributed by atoms with E-state index >= 15 is 0 Å². The molecule has 4 nitrogen and oxygen atoms in total. The van der Waals surface area contributed by atoms with Gasteiger partial charge in [-0.3, -0.25) is 4.79 Å². The molecule has 0 aliphatic rings. The largest absolute Gasteiger partial charge is 0.484 e. The number of Topliss-reactive ketones (excluding diaryl/α,β-unsaturated/α-hetero) is 1. The number of hydrogen-bond acceptors (Lipinski definition) is 3. The van der Waals surface area contributed by atoms with Crippen LogP contribution in [0, 0.1) is 0 Å². The Morgan fingerprint density at radius 1 is 1.30 bits per heavy atom. The number of nitrogens with one attached hydrogen (secondary N) is 1. The number of benzene rings is 1. The van der Waals surface area contributed by atoms with Gasteiger partial charge in [0.25, 0.3) is 0 Å². The van der Waals surface area contributed by atoms with Gasteiger partial charge in [-0.05, 0) is 24.1 Å². The number of nitrogens with zero attached hydrogens (tertiary/aromatic N) is 1. The molecule has 0 aliphatic heterocycles. The zero-order valence-electron chi connectivity index (χ0n) is 11.9. The van der Waals surface area contributed by atoms with Crippen molar-refractivity contribution in [3.8, 4) is 5.75 Å². The lowest BCUT2D eigenvalue weighted by Gasteiger charge is -2.16. The van der Waals surface area contributed by atoms with Crippen LogP contribution in [-0.2, 0) is 11.2 Å². The molecule has 0 bridgehead atoms. The van der Waals surface area contributed by atoms with Gasteiger partial charge in [0.1, 0.15) is 17.6 Å². The number of aromatic nitrogens is 2. The third kappa shape index (κ3) is 3.70. The molecule has 1 heterocycles. The second-order valence-electron chi connectivity index (χ2n) is 4.73. The van der Waals surface area contributed by atoms with E-state index in [0.29, 0.717) is 12.8 Å². The molecule has 2 aromatic rings. The fourth-order valence-electron chi connectivity index (χ4n) is 2.01. The van der Waals surface area contributed by atoms with Crippen LogP contribution >= 0.6 is 0 Å². The van der Waals surface area contributed by atoms with Crippen molar-refractivity contribution in [3.05, 3.63) is 48.0 Å². The smallest absolute Gasteiger partial charge is 0.140 e. The van der Waals surface area contributed by atoms with E-state index < -0.39 is 0 Å². The molecular weight excluding hydrogens is 252 g/mol. The van der Waals surface area contributed by atoms with E-state index in [-0.39, 0.29) is 11.9 Å². The number of imidazole rings is 1. The Bertz CT molecular complexity index is 532. The molecule has 4 heteroatoms. The molecule has 1 aromatic carbocycles. The van der Waals surface area contributed by atoms with E-state index in [1.807, 2.05) is 31.2 Å². The minimum Gasteiger partial charge on any atom is -0.484 e. The topological polar surface area (TPSA) is 55.0 Å². The fourth-order valence-corrected chi connectivity index (χ4v) is 2.01. The molecule has 1 unspecified atom stereocenters. The van der Waals surface area contributed by atoms with E-state index in [1.165, 1.54) is 0 Å². The first-order valence-electron chi connectivity index (χ1n) is 6.98. The van der Waals surface area contributed by atoms with Gasteiger partial charge in [0.2, 0.25) is 0 Å². The molecule has 1 N–H and O–H groups in total. The molecule has 1 aromatic heterocycles. The van der Waals surface area contributed by atoms with Crippen molar-refractivity contribution in [2.24, 2.45) is 0 Å². The number of carbonyl (C=O) groups is 1. The maximum absolute atomic E-state index is 11.4. The van der Waals surface area contributed by atoms with Crippen LogP contribution in [0.1, 0.15) is 44.1 Å². The average molecular weight is 272 g/mol. The first-order valence-corrected chi connectivity index (χ1v) is 6.98. The average Bonchev–Trinajstić information content (AvgIpc) is 3.00. The van der Waals surface area contributed by atoms with Gasteiger partial charge in [0, 0.05) is 12.8 Å². The van der Waals surface area contributed by atoms with Crippen molar-refractivity contribution in [1.29, 1.82) is 0 Å². The maximum Gasteiger partial charge on any atom is 0.140 e. The summed E-state index contributed by atoms with van der Waals surface area (Å²) in [7, 11) is 0. The maximum atomic E-state index is 11.4. The first kappa shape index (κ1) is 14.3. The molecule has 106 valence electrons. The number of aromatic amines is 1. The van der Waals surface area contributed by atoms with Crippen LogP contribution < -0.4 is 4.74 Å². The lowest BCUT2D eigenvalue weighted by molar-refractivity contribution is -0.118. The molecule has 0 amide bonds. The Labute approximate surface area is 119 Å². The third-order valence-electron chi connectivity index (χ3n) is 3.23. The molecule has 0 radical (unpaired) electrons. The fraction of sp³-hybridized carbons (Fsp3) is 0.375. The van der Waals surface area contributed by atoms with Gasteiger partial charge < -0.3 is 9.72 Å². The third-order valence-corrected chi connectivity index (χ3v) is 3.23. The first-order chi connectivity index (χ1) is 9.72. The lowest BCUT2D eigenvalue weighted by atomic mass is 10.1. The van der Waals surface area contributed by atoms with Crippen molar-refractivity contribution < 1.29 is 9.53 Å². The Kier molecular flexibility index (Phi) is 4.93. The molecule has 0 fully saturated rings. The van der Waals surface area contributed by atoms with E-state index in [4.69, 9.17) is 4.74 Å². The summed E-state index contributed by atoms with van der Waals surface area (Å²) >= 11 is 0. The molecule has 20 heavy (non-hydrogen) atoms. The van der Waals surface area contributed by atoms with Crippen molar-refractivity contribution in [3.63, 3.8) is 0 Å². The van der Waals surface area contributed by atoms with Gasteiger partial charge in [0.05, 0.1) is 18.2 Å². The van der Waals surface area contributed by atoms with Crippen LogP contribution in [-0.4, -0.2) is 15.8 Å². The highest BCUT2D eigenvalue weighted by Crippen LogP contribution is 2.23. The quantitative estimate of drug-likeness (QED) is 0.839. The number of ketones is 1. The van der Waals surface area contributed by atoms with Gasteiger partial charge in [-0.15, -0.1) is 0 Å². The van der Waals surface area contributed by atoms with Crippen molar-refractivity contribution in [2.75, 3.05) is 0 Å². The van der Waals surface area contributed by atoms with Crippen LogP contribution in [0.2, 0.25) is 0 Å². The van der Waals surface area contributed by atoms with E-state index in [0.717, 1.165) is 23.4 Å². The second kappa shape index (κ2) is 6.89. The van der Waals surface area contributed by atoms with E-state index in [9.17, 15) is 4.79 Å². The van der Waals surface area contributed by atoms with Gasteiger partial charge in [-0.2, -0.15) is 0 Å². The molecule has 0 spiro atoms. The van der Waals surface area contributed by atoms with Crippen molar-refractivity contribution >= 4 is 5.78 Å². The second-order valence-corrected chi connectivity index (χ2v) is 4.73. The molecule has 0 aliphatic carbocycles. The van der Waals surface area contributed by atoms with Crippen LogP contribution in [0.15, 0.2) is 36.8 Å². The van der Waals surface area contributed by atoms with Crippen molar-refractivity contribution in [2.45, 2.75) is 39.2 Å². The van der Waals surface area contributed by atoms with Crippen LogP contribution in [0.3, 0.4) is 0 Å². The minimum absolute atomic E-state index is 0.0272. The van der Waals surface area contributed by atoms with Gasteiger partial charge in [-0.25, -0.2) is 4.98 Å². The zero-order valence-corrected chi connectivity index (χ0v) is 11.9. The standard InChI is InChI=1S/C16H20N2O2/c1-3-13(19)9-12-5-7-14(8-6-12)20-16(4-2)15-10-17-11-18-15/h5-8,10-11,16H,3-4,9H2,1-2H3,(H,17,18). The molecule has 0 saturated heterocycles. The van der Waals surface area contributed by atoms with Crippen LogP contribution in [0.5, 0.6) is 5.75 Å². The summed E-state index contributed by atoms with van der Waals surface area (Å²) in [4.78, 5) is 18.5. The van der Waals surface area contributed by atoms with Gasteiger partial charge >= 0.3 is 0 Å². The van der Waals surface area contributed by atoms with Crippen LogP contribution in [0.4, 0.5) is 0 Å². The summed E-state index contributed by atoms with van der Waals surface area (Å²) in [6.45, 7) is 3.95. The Balaban J connectivity index is 2.01. The monoisotopic (exact) mass is 272 g/mol. The Hall–Kier alpha value is -2.10. The summed E-state index contributed by atoms with van der Waals surface area (Å²) in [5.41, 5.74) is 2.00. The Morgan fingerprint density at radius 2 is 2.05 bits per heavy atom. The highest BCUT2D eigenvalue weighted by atomic mass is 16.5. The van der Waals surface area contributed by atoms with E-state index in [1.54, 1.807) is 12.5 Å². The molecular formula is C16H20N2O2. The summed E-state index contributed by atoms with van der Waals surface area (Å²) in [6, 6.07) is 7.72. The van der Waals surface area contributed by atoms with Crippen LogP contribution in [0.25, 0.3) is 0 Å². The summed E-state index contributed by atoms with van der Waals surface area (Å²) in [5.74, 6) is 1.06. The number of H-pyrrole nitrogens is 1. The van der Waals surface area contributed by atoms with Gasteiger partial charge in [-0.1, -0.05) is 26.0 Å².